The van der Waals surface area contributed by atoms with Gasteiger partial charge >= 0.3 is 5.97 Å². The van der Waals surface area contributed by atoms with E-state index in [9.17, 15) is 14.7 Å². The summed E-state index contributed by atoms with van der Waals surface area (Å²) in [5.74, 6) is -1.66. The monoisotopic (exact) mass is 285 g/mol. The van der Waals surface area contributed by atoms with Crippen LogP contribution in [-0.2, 0) is 4.79 Å². The molecular weight excluding hydrogens is 270 g/mol. The zero-order chi connectivity index (χ0) is 15.2. The highest BCUT2D eigenvalue weighted by Gasteiger charge is 2.19. The van der Waals surface area contributed by atoms with Crippen molar-refractivity contribution in [3.63, 3.8) is 0 Å². The topological polar surface area (TPSA) is 105 Å². The summed E-state index contributed by atoms with van der Waals surface area (Å²) in [5.41, 5.74) is 6.14. The molecule has 4 N–H and O–H groups in total. The lowest BCUT2D eigenvalue weighted by atomic mass is 9.99. The van der Waals surface area contributed by atoms with Crippen molar-refractivity contribution in [2.75, 3.05) is 11.9 Å². The Labute approximate surface area is 121 Å². The number of amides is 1. The average Bonchev–Trinajstić information content (AvgIpc) is 2.48. The second-order valence-corrected chi connectivity index (χ2v) is 4.48. The van der Waals surface area contributed by atoms with Crippen molar-refractivity contribution in [1.29, 1.82) is 0 Å². The molecule has 0 spiro atoms. The SMILES string of the molecule is NC(=O)c1ccc(NCC(C(=O)O)c2ccccc2)nc1. The van der Waals surface area contributed by atoms with Crippen molar-refractivity contribution < 1.29 is 14.7 Å². The van der Waals surface area contributed by atoms with Gasteiger partial charge in [-0.2, -0.15) is 0 Å². The highest BCUT2D eigenvalue weighted by atomic mass is 16.4. The van der Waals surface area contributed by atoms with Gasteiger partial charge in [-0.1, -0.05) is 30.3 Å². The largest absolute Gasteiger partial charge is 0.481 e. The molecule has 0 fully saturated rings. The van der Waals surface area contributed by atoms with Gasteiger partial charge in [0.25, 0.3) is 0 Å². The molecule has 2 aromatic rings. The summed E-state index contributed by atoms with van der Waals surface area (Å²) in [6, 6.07) is 12.1. The second kappa shape index (κ2) is 6.51. The van der Waals surface area contributed by atoms with E-state index in [1.54, 1.807) is 30.3 Å². The van der Waals surface area contributed by atoms with E-state index in [-0.39, 0.29) is 6.54 Å². The van der Waals surface area contributed by atoms with Crippen LogP contribution in [0.1, 0.15) is 21.8 Å². The first-order chi connectivity index (χ1) is 10.1. The van der Waals surface area contributed by atoms with Crippen LogP contribution < -0.4 is 11.1 Å². The normalized spacial score (nSPS) is 11.6. The van der Waals surface area contributed by atoms with Crippen LogP contribution in [0.2, 0.25) is 0 Å². The number of nitrogens with zero attached hydrogens (tertiary/aromatic N) is 1. The fourth-order valence-corrected chi connectivity index (χ4v) is 1.88. The Morgan fingerprint density at radius 3 is 2.43 bits per heavy atom. The third-order valence-electron chi connectivity index (χ3n) is 3.04. The summed E-state index contributed by atoms with van der Waals surface area (Å²) in [4.78, 5) is 26.3. The number of anilines is 1. The van der Waals surface area contributed by atoms with Crippen LogP contribution in [0.4, 0.5) is 5.82 Å². The molecule has 1 unspecified atom stereocenters. The molecule has 21 heavy (non-hydrogen) atoms. The first-order valence-corrected chi connectivity index (χ1v) is 6.35. The molecule has 108 valence electrons. The van der Waals surface area contributed by atoms with Gasteiger partial charge in [0, 0.05) is 12.7 Å². The number of aromatic nitrogens is 1. The van der Waals surface area contributed by atoms with Gasteiger partial charge in [0.1, 0.15) is 5.82 Å². The lowest BCUT2D eigenvalue weighted by Gasteiger charge is -2.14. The van der Waals surface area contributed by atoms with Crippen molar-refractivity contribution in [3.05, 3.63) is 59.8 Å². The number of hydrogen-bond acceptors (Lipinski definition) is 4. The van der Waals surface area contributed by atoms with Crippen LogP contribution in [-0.4, -0.2) is 28.5 Å². The molecule has 1 aromatic carbocycles. The van der Waals surface area contributed by atoms with Gasteiger partial charge < -0.3 is 16.2 Å². The van der Waals surface area contributed by atoms with Gasteiger partial charge in [0.2, 0.25) is 5.91 Å². The summed E-state index contributed by atoms with van der Waals surface area (Å²) in [7, 11) is 0. The highest BCUT2D eigenvalue weighted by molar-refractivity contribution is 5.92. The molecule has 0 aliphatic heterocycles. The number of carbonyl (C=O) groups excluding carboxylic acids is 1. The Hall–Kier alpha value is -2.89. The minimum atomic E-state index is -0.914. The molecule has 6 nitrogen and oxygen atoms in total. The third kappa shape index (κ3) is 3.79. The van der Waals surface area contributed by atoms with Gasteiger partial charge in [-0.25, -0.2) is 4.98 Å². The minimum Gasteiger partial charge on any atom is -0.481 e. The lowest BCUT2D eigenvalue weighted by molar-refractivity contribution is -0.138. The van der Waals surface area contributed by atoms with Gasteiger partial charge in [-0.3, -0.25) is 9.59 Å². The summed E-state index contributed by atoms with van der Waals surface area (Å²) in [5, 5.41) is 12.2. The predicted molar refractivity (Wildman–Crippen MR) is 78.1 cm³/mol. The quantitative estimate of drug-likeness (QED) is 0.745. The van der Waals surface area contributed by atoms with Crippen LogP contribution in [0.3, 0.4) is 0 Å². The first-order valence-electron chi connectivity index (χ1n) is 6.35. The zero-order valence-electron chi connectivity index (χ0n) is 11.2. The second-order valence-electron chi connectivity index (χ2n) is 4.48. The third-order valence-corrected chi connectivity index (χ3v) is 3.04. The molecule has 1 atom stereocenters. The number of pyridine rings is 1. The molecule has 1 aromatic heterocycles. The van der Waals surface area contributed by atoms with E-state index in [0.29, 0.717) is 16.9 Å². The molecular formula is C15H15N3O3. The van der Waals surface area contributed by atoms with Gasteiger partial charge in [0.15, 0.2) is 0 Å². The summed E-state index contributed by atoms with van der Waals surface area (Å²) >= 11 is 0. The number of carbonyl (C=O) groups is 2. The molecule has 0 radical (unpaired) electrons. The molecule has 0 bridgehead atoms. The van der Waals surface area contributed by atoms with Crippen molar-refractivity contribution in [2.24, 2.45) is 5.73 Å². The summed E-state index contributed by atoms with van der Waals surface area (Å²) < 4.78 is 0. The van der Waals surface area contributed by atoms with E-state index in [1.807, 2.05) is 6.07 Å². The minimum absolute atomic E-state index is 0.197. The standard InChI is InChI=1S/C15H15N3O3/c16-14(19)11-6-7-13(17-8-11)18-9-12(15(20)21)10-4-2-1-3-5-10/h1-8,12H,9H2,(H2,16,19)(H,17,18)(H,20,21). The fraction of sp³-hybridized carbons (Fsp3) is 0.133. The van der Waals surface area contributed by atoms with E-state index in [0.717, 1.165) is 0 Å². The van der Waals surface area contributed by atoms with Gasteiger partial charge in [0.05, 0.1) is 11.5 Å². The van der Waals surface area contributed by atoms with Crippen LogP contribution >= 0.6 is 0 Å². The zero-order valence-corrected chi connectivity index (χ0v) is 11.2. The molecule has 0 aliphatic carbocycles. The predicted octanol–water partition coefficient (Wildman–Crippen LogP) is 1.46. The number of carboxylic acid groups (broad SMARTS) is 1. The maximum Gasteiger partial charge on any atom is 0.312 e. The molecule has 1 amide bonds. The van der Waals surface area contributed by atoms with E-state index >= 15 is 0 Å². The van der Waals surface area contributed by atoms with Crippen molar-refractivity contribution in [3.8, 4) is 0 Å². The summed E-state index contributed by atoms with van der Waals surface area (Å²) in [6.07, 6.45) is 1.35. The van der Waals surface area contributed by atoms with E-state index in [4.69, 9.17) is 5.73 Å². The Balaban J connectivity index is 2.05. The number of nitrogens with two attached hydrogens (primary N) is 1. The Kier molecular flexibility index (Phi) is 4.50. The molecule has 0 saturated carbocycles. The Morgan fingerprint density at radius 1 is 1.19 bits per heavy atom. The van der Waals surface area contributed by atoms with Gasteiger partial charge in [-0.05, 0) is 17.7 Å². The number of nitrogens with one attached hydrogen (secondary N) is 1. The Bertz CT molecular complexity index is 626. The molecule has 0 saturated heterocycles. The number of hydrogen-bond donors (Lipinski definition) is 3. The average molecular weight is 285 g/mol. The van der Waals surface area contributed by atoms with Crippen LogP contribution in [0, 0.1) is 0 Å². The maximum absolute atomic E-state index is 11.3. The molecule has 0 aliphatic rings. The van der Waals surface area contributed by atoms with Crippen LogP contribution in [0.25, 0.3) is 0 Å². The lowest BCUT2D eigenvalue weighted by Crippen LogP contribution is -2.21. The van der Waals surface area contributed by atoms with Crippen molar-refractivity contribution >= 4 is 17.7 Å². The van der Waals surface area contributed by atoms with Crippen molar-refractivity contribution in [1.82, 2.24) is 4.98 Å². The van der Waals surface area contributed by atoms with Crippen molar-refractivity contribution in [2.45, 2.75) is 5.92 Å². The van der Waals surface area contributed by atoms with Crippen LogP contribution in [0.5, 0.6) is 0 Å². The number of aliphatic carboxylic acids is 1. The molecule has 6 heteroatoms. The number of primary amides is 1. The smallest absolute Gasteiger partial charge is 0.312 e. The number of rotatable bonds is 6. The highest BCUT2D eigenvalue weighted by Crippen LogP contribution is 2.16. The number of benzene rings is 1. The van der Waals surface area contributed by atoms with Gasteiger partial charge in [-0.15, -0.1) is 0 Å². The molecule has 2 rings (SSSR count). The van der Waals surface area contributed by atoms with E-state index < -0.39 is 17.8 Å². The Morgan fingerprint density at radius 2 is 1.90 bits per heavy atom. The van der Waals surface area contributed by atoms with E-state index in [1.165, 1.54) is 12.3 Å². The molecule has 1 heterocycles. The number of carboxylic acids is 1. The van der Waals surface area contributed by atoms with Crippen LogP contribution in [0.15, 0.2) is 48.7 Å². The summed E-state index contributed by atoms with van der Waals surface area (Å²) in [6.45, 7) is 0.197. The first kappa shape index (κ1) is 14.5. The van der Waals surface area contributed by atoms with E-state index in [2.05, 4.69) is 10.3 Å². The fourth-order valence-electron chi connectivity index (χ4n) is 1.88. The maximum atomic E-state index is 11.3.